The number of halogens is 1. The summed E-state index contributed by atoms with van der Waals surface area (Å²) in [5, 5.41) is 15.5. The number of amides is 4. The minimum absolute atomic E-state index is 0.0826. The van der Waals surface area contributed by atoms with E-state index in [1.807, 2.05) is 6.07 Å². The van der Waals surface area contributed by atoms with Crippen LogP contribution >= 0.6 is 11.6 Å². The number of ether oxygens (including phenoxy) is 1. The molecule has 2 aromatic carbocycles. The van der Waals surface area contributed by atoms with Crippen molar-refractivity contribution in [3.63, 3.8) is 0 Å². The maximum Gasteiger partial charge on any atom is 0.325 e. The summed E-state index contributed by atoms with van der Waals surface area (Å²) in [6, 6.07) is 12.5. The van der Waals surface area contributed by atoms with Crippen LogP contribution in [-0.2, 0) is 16.0 Å². The Morgan fingerprint density at radius 3 is 2.71 bits per heavy atom. The number of benzene rings is 2. The molecule has 8 nitrogen and oxygen atoms in total. The van der Waals surface area contributed by atoms with Crippen LogP contribution in [-0.4, -0.2) is 54.7 Å². The fourth-order valence-corrected chi connectivity index (χ4v) is 3.67. The van der Waals surface area contributed by atoms with E-state index in [1.165, 1.54) is 7.11 Å². The van der Waals surface area contributed by atoms with Crippen LogP contribution in [0.2, 0.25) is 5.02 Å². The van der Waals surface area contributed by atoms with Gasteiger partial charge in [-0.1, -0.05) is 41.9 Å². The second kappa shape index (κ2) is 10.3. The molecule has 1 aliphatic rings. The summed E-state index contributed by atoms with van der Waals surface area (Å²) < 4.78 is 5.34. The van der Waals surface area contributed by atoms with E-state index in [4.69, 9.17) is 16.3 Å². The molecule has 4 amide bonds. The molecule has 3 rings (SSSR count). The van der Waals surface area contributed by atoms with E-state index in [0.717, 1.165) is 4.90 Å². The van der Waals surface area contributed by atoms with Gasteiger partial charge >= 0.3 is 6.03 Å². The Bertz CT molecular complexity index is 953. The Balaban J connectivity index is 1.80. The van der Waals surface area contributed by atoms with Crippen molar-refractivity contribution in [3.05, 3.63) is 64.7 Å². The van der Waals surface area contributed by atoms with Crippen molar-refractivity contribution in [2.24, 2.45) is 5.92 Å². The Morgan fingerprint density at radius 1 is 1.29 bits per heavy atom. The molecule has 0 aliphatic carbocycles. The lowest BCUT2D eigenvalue weighted by atomic mass is 9.97. The zero-order chi connectivity index (χ0) is 22.4. The Kier molecular flexibility index (Phi) is 7.49. The van der Waals surface area contributed by atoms with Crippen molar-refractivity contribution in [2.45, 2.75) is 12.5 Å². The van der Waals surface area contributed by atoms with Crippen LogP contribution in [0.25, 0.3) is 0 Å². The van der Waals surface area contributed by atoms with Crippen molar-refractivity contribution in [3.8, 4) is 5.75 Å². The minimum atomic E-state index is -0.743. The first-order valence-corrected chi connectivity index (χ1v) is 10.2. The summed E-state index contributed by atoms with van der Waals surface area (Å²) in [5.74, 6) is -1.06. The lowest BCUT2D eigenvalue weighted by Crippen LogP contribution is -2.49. The molecule has 1 saturated heterocycles. The maximum absolute atomic E-state index is 13.2. The van der Waals surface area contributed by atoms with Gasteiger partial charge in [0.25, 0.3) is 0 Å². The van der Waals surface area contributed by atoms with Gasteiger partial charge in [-0.05, 0) is 35.7 Å². The second-order valence-corrected chi connectivity index (χ2v) is 7.62. The summed E-state index contributed by atoms with van der Waals surface area (Å²) >= 11 is 6.09. The fourth-order valence-electron chi connectivity index (χ4n) is 3.47. The van der Waals surface area contributed by atoms with Crippen LogP contribution in [0.15, 0.2) is 48.5 Å². The van der Waals surface area contributed by atoms with E-state index < -0.39 is 36.3 Å². The largest absolute Gasteiger partial charge is 0.496 e. The molecule has 3 N–H and O–H groups in total. The van der Waals surface area contributed by atoms with Gasteiger partial charge in [-0.15, -0.1) is 0 Å². The molecule has 2 aromatic rings. The molecule has 0 saturated carbocycles. The van der Waals surface area contributed by atoms with Gasteiger partial charge in [0.15, 0.2) is 0 Å². The Morgan fingerprint density at radius 2 is 2.03 bits per heavy atom. The van der Waals surface area contributed by atoms with E-state index in [1.54, 1.807) is 42.5 Å². The van der Waals surface area contributed by atoms with Gasteiger partial charge in [-0.2, -0.15) is 0 Å². The number of carbonyl (C=O) groups is 3. The molecule has 0 spiro atoms. The lowest BCUT2D eigenvalue weighted by molar-refractivity contribution is -0.133. The first-order chi connectivity index (χ1) is 14.9. The highest BCUT2D eigenvalue weighted by Crippen LogP contribution is 2.26. The van der Waals surface area contributed by atoms with E-state index in [0.29, 0.717) is 21.9 Å². The number of urea groups is 1. The summed E-state index contributed by atoms with van der Waals surface area (Å²) in [4.78, 5) is 39.1. The van der Waals surface area contributed by atoms with E-state index in [-0.39, 0.29) is 19.6 Å². The molecular formula is C22H24ClN3O5. The Labute approximate surface area is 185 Å². The quantitative estimate of drug-likeness (QED) is 0.629. The molecule has 0 bridgehead atoms. The molecule has 1 heterocycles. The van der Waals surface area contributed by atoms with Crippen molar-refractivity contribution in [2.75, 3.05) is 26.8 Å². The molecule has 164 valence electrons. The predicted molar refractivity (Wildman–Crippen MR) is 115 cm³/mol. The first-order valence-electron chi connectivity index (χ1n) is 9.79. The normalized spacial score (nSPS) is 17.5. The smallest absolute Gasteiger partial charge is 0.325 e. The zero-order valence-electron chi connectivity index (χ0n) is 17.0. The van der Waals surface area contributed by atoms with Crippen molar-refractivity contribution < 1.29 is 24.2 Å². The topological polar surface area (TPSA) is 108 Å². The van der Waals surface area contributed by atoms with Crippen LogP contribution in [0.5, 0.6) is 5.75 Å². The highest BCUT2D eigenvalue weighted by atomic mass is 35.5. The monoisotopic (exact) mass is 445 g/mol. The summed E-state index contributed by atoms with van der Waals surface area (Å²) in [5.41, 5.74) is 1.38. The third-order valence-corrected chi connectivity index (χ3v) is 5.33. The maximum atomic E-state index is 13.2. The number of hydrogen-bond acceptors (Lipinski definition) is 5. The molecule has 0 aromatic heterocycles. The number of hydrogen-bond donors (Lipinski definition) is 3. The number of rotatable bonds is 6. The van der Waals surface area contributed by atoms with E-state index >= 15 is 0 Å². The van der Waals surface area contributed by atoms with Gasteiger partial charge < -0.3 is 20.5 Å². The molecule has 1 fully saturated rings. The van der Waals surface area contributed by atoms with Crippen LogP contribution in [0, 0.1) is 5.92 Å². The van der Waals surface area contributed by atoms with E-state index in [2.05, 4.69) is 10.6 Å². The van der Waals surface area contributed by atoms with Gasteiger partial charge in [0.2, 0.25) is 11.8 Å². The third kappa shape index (κ3) is 5.53. The number of aliphatic hydroxyl groups is 1. The van der Waals surface area contributed by atoms with Crippen molar-refractivity contribution in [1.29, 1.82) is 0 Å². The van der Waals surface area contributed by atoms with Crippen molar-refractivity contribution >= 4 is 29.4 Å². The summed E-state index contributed by atoms with van der Waals surface area (Å²) in [6.45, 7) is -0.673. The van der Waals surface area contributed by atoms with Gasteiger partial charge in [-0.3, -0.25) is 14.5 Å². The number of methoxy groups -OCH3 is 1. The van der Waals surface area contributed by atoms with Crippen LogP contribution < -0.4 is 15.4 Å². The highest BCUT2D eigenvalue weighted by Gasteiger charge is 2.35. The second-order valence-electron chi connectivity index (χ2n) is 7.18. The van der Waals surface area contributed by atoms with E-state index in [9.17, 15) is 19.5 Å². The third-order valence-electron chi connectivity index (χ3n) is 5.10. The molecule has 9 heteroatoms. The number of nitrogens with one attached hydrogen (secondary N) is 2. The lowest BCUT2D eigenvalue weighted by Gasteiger charge is -2.25. The fraction of sp³-hybridized carbons (Fsp3) is 0.318. The SMILES string of the molecule is COc1ccc(Cl)cc1C[C@@H]1CNC(=O)CN(C(=O)N[C@H](CO)c2ccccc2)C1=O. The number of aliphatic hydroxyl groups excluding tert-OH is 1. The molecule has 2 atom stereocenters. The molecule has 0 radical (unpaired) electrons. The molecule has 0 unspecified atom stereocenters. The molecule has 1 aliphatic heterocycles. The summed E-state index contributed by atoms with van der Waals surface area (Å²) in [6.07, 6.45) is 0.231. The standard InChI is InChI=1S/C22H24ClN3O5/c1-31-19-8-7-17(23)10-15(19)9-16-11-24-20(28)12-26(21(16)29)22(30)25-18(13-27)14-5-3-2-4-6-14/h2-8,10,16,18,27H,9,11-13H2,1H3,(H,24,28)(H,25,30)/t16-,18-/m1/s1. The van der Waals surface area contributed by atoms with Gasteiger partial charge in [0.05, 0.1) is 25.7 Å². The number of nitrogens with zero attached hydrogens (tertiary/aromatic N) is 1. The molecule has 31 heavy (non-hydrogen) atoms. The average Bonchev–Trinajstić information content (AvgIpc) is 2.91. The summed E-state index contributed by atoms with van der Waals surface area (Å²) in [7, 11) is 1.52. The van der Waals surface area contributed by atoms with Crippen molar-refractivity contribution in [1.82, 2.24) is 15.5 Å². The Hall–Kier alpha value is -3.10. The van der Waals surface area contributed by atoms with Gasteiger partial charge in [-0.25, -0.2) is 4.79 Å². The van der Waals surface area contributed by atoms with Gasteiger partial charge in [0.1, 0.15) is 12.3 Å². The van der Waals surface area contributed by atoms with Crippen LogP contribution in [0.1, 0.15) is 17.2 Å². The number of carbonyl (C=O) groups excluding carboxylic acids is 3. The van der Waals surface area contributed by atoms with Crippen LogP contribution in [0.3, 0.4) is 0 Å². The number of imide groups is 1. The molecular weight excluding hydrogens is 422 g/mol. The first kappa shape index (κ1) is 22.6. The predicted octanol–water partition coefficient (Wildman–Crippen LogP) is 1.91. The van der Waals surface area contributed by atoms with Crippen LogP contribution in [0.4, 0.5) is 4.79 Å². The zero-order valence-corrected chi connectivity index (χ0v) is 17.8. The average molecular weight is 446 g/mol. The van der Waals surface area contributed by atoms with Gasteiger partial charge in [0, 0.05) is 11.6 Å². The minimum Gasteiger partial charge on any atom is -0.496 e. The highest BCUT2D eigenvalue weighted by molar-refractivity contribution is 6.30.